The quantitative estimate of drug-likeness (QED) is 0.569. The van der Waals surface area contributed by atoms with Gasteiger partial charge in [0.2, 0.25) is 0 Å². The van der Waals surface area contributed by atoms with Gasteiger partial charge in [-0.05, 0) is 17.2 Å². The van der Waals surface area contributed by atoms with E-state index in [1.807, 2.05) is 54.6 Å². The zero-order valence-corrected chi connectivity index (χ0v) is 12.0. The Bertz CT molecular complexity index is 812. The van der Waals surface area contributed by atoms with Gasteiger partial charge in [0.25, 0.3) is 0 Å². The number of hydrogen-bond acceptors (Lipinski definition) is 3. The first-order chi connectivity index (χ1) is 10.7. The van der Waals surface area contributed by atoms with Crippen LogP contribution < -0.4 is 11.5 Å². The molecule has 3 heteroatoms. The first kappa shape index (κ1) is 13.9. The number of nitrogens with two attached hydrogens (primary N) is 2. The van der Waals surface area contributed by atoms with E-state index < -0.39 is 0 Å². The van der Waals surface area contributed by atoms with Crippen molar-refractivity contribution in [2.75, 3.05) is 11.5 Å². The van der Waals surface area contributed by atoms with Crippen molar-refractivity contribution in [3.63, 3.8) is 0 Å². The van der Waals surface area contributed by atoms with Crippen LogP contribution in [0.1, 0.15) is 15.9 Å². The summed E-state index contributed by atoms with van der Waals surface area (Å²) in [4.78, 5) is 12.9. The fourth-order valence-electron chi connectivity index (χ4n) is 2.47. The van der Waals surface area contributed by atoms with E-state index in [1.165, 1.54) is 0 Å². The summed E-state index contributed by atoms with van der Waals surface area (Å²) in [5.74, 6) is -0.121. The highest BCUT2D eigenvalue weighted by Gasteiger charge is 2.19. The van der Waals surface area contributed by atoms with Gasteiger partial charge in [0.1, 0.15) is 0 Å². The Morgan fingerprint density at radius 3 is 1.95 bits per heavy atom. The summed E-state index contributed by atoms with van der Waals surface area (Å²) < 4.78 is 0. The fourth-order valence-corrected chi connectivity index (χ4v) is 2.47. The fraction of sp³-hybridized carbons (Fsp3) is 0. The molecule has 0 unspecified atom stereocenters. The maximum Gasteiger partial charge on any atom is 0.195 e. The van der Waals surface area contributed by atoms with E-state index in [9.17, 15) is 4.79 Å². The third-order valence-corrected chi connectivity index (χ3v) is 3.63. The highest BCUT2D eigenvalue weighted by molar-refractivity contribution is 6.17. The molecule has 0 saturated heterocycles. The van der Waals surface area contributed by atoms with Crippen LogP contribution in [-0.2, 0) is 0 Å². The molecule has 0 spiro atoms. The van der Waals surface area contributed by atoms with Crippen molar-refractivity contribution in [3.05, 3.63) is 83.9 Å². The third kappa shape index (κ3) is 2.44. The number of anilines is 2. The molecule has 0 aliphatic carbocycles. The minimum absolute atomic E-state index is 0.121. The van der Waals surface area contributed by atoms with Crippen LogP contribution in [0.5, 0.6) is 0 Å². The lowest BCUT2D eigenvalue weighted by atomic mass is 9.92. The van der Waals surface area contributed by atoms with E-state index in [1.54, 1.807) is 18.2 Å². The first-order valence-corrected chi connectivity index (χ1v) is 7.01. The topological polar surface area (TPSA) is 69.1 Å². The van der Waals surface area contributed by atoms with Crippen LogP contribution >= 0.6 is 0 Å². The Morgan fingerprint density at radius 1 is 0.727 bits per heavy atom. The number of carbonyl (C=O) groups excluding carboxylic acids is 1. The van der Waals surface area contributed by atoms with Crippen molar-refractivity contribution < 1.29 is 4.79 Å². The maximum atomic E-state index is 12.9. The third-order valence-electron chi connectivity index (χ3n) is 3.63. The molecular weight excluding hydrogens is 272 g/mol. The van der Waals surface area contributed by atoms with E-state index in [0.29, 0.717) is 22.5 Å². The van der Waals surface area contributed by atoms with Gasteiger partial charge >= 0.3 is 0 Å². The van der Waals surface area contributed by atoms with Gasteiger partial charge in [-0.25, -0.2) is 0 Å². The highest BCUT2D eigenvalue weighted by atomic mass is 16.1. The number of carbonyl (C=O) groups is 1. The van der Waals surface area contributed by atoms with E-state index in [-0.39, 0.29) is 5.78 Å². The molecule has 3 nitrogen and oxygen atoms in total. The number of benzene rings is 3. The highest BCUT2D eigenvalue weighted by Crippen LogP contribution is 2.33. The summed E-state index contributed by atoms with van der Waals surface area (Å²) in [5.41, 5.74) is 15.5. The minimum Gasteiger partial charge on any atom is -0.397 e. The second kappa shape index (κ2) is 5.74. The minimum atomic E-state index is -0.121. The Kier molecular flexibility index (Phi) is 3.62. The molecule has 0 aromatic heterocycles. The average Bonchev–Trinajstić information content (AvgIpc) is 2.58. The molecule has 0 amide bonds. The molecule has 0 atom stereocenters. The molecule has 0 heterocycles. The Labute approximate surface area is 129 Å². The van der Waals surface area contributed by atoms with Crippen LogP contribution in [-0.4, -0.2) is 5.78 Å². The number of rotatable bonds is 3. The lowest BCUT2D eigenvalue weighted by Gasteiger charge is -2.14. The maximum absolute atomic E-state index is 12.9. The molecule has 3 aromatic rings. The van der Waals surface area contributed by atoms with E-state index in [2.05, 4.69) is 0 Å². The van der Waals surface area contributed by atoms with Gasteiger partial charge in [-0.3, -0.25) is 4.79 Å². The number of hydrogen-bond donors (Lipinski definition) is 2. The summed E-state index contributed by atoms with van der Waals surface area (Å²) in [6.45, 7) is 0. The first-order valence-electron chi connectivity index (χ1n) is 7.01. The Balaban J connectivity index is 2.22. The molecule has 0 bridgehead atoms. The van der Waals surface area contributed by atoms with Gasteiger partial charge in [0.05, 0.1) is 16.9 Å². The molecule has 0 aliphatic heterocycles. The summed E-state index contributed by atoms with van der Waals surface area (Å²) in [7, 11) is 0. The molecular formula is C19H16N2O. The monoisotopic (exact) mass is 288 g/mol. The van der Waals surface area contributed by atoms with Crippen LogP contribution in [0.15, 0.2) is 72.8 Å². The smallest absolute Gasteiger partial charge is 0.195 e. The summed E-state index contributed by atoms with van der Waals surface area (Å²) in [5, 5.41) is 0. The van der Waals surface area contributed by atoms with Gasteiger partial charge in [-0.1, -0.05) is 66.7 Å². The Hall–Kier alpha value is -3.07. The van der Waals surface area contributed by atoms with Crippen LogP contribution in [0.25, 0.3) is 11.1 Å². The zero-order chi connectivity index (χ0) is 15.5. The van der Waals surface area contributed by atoms with E-state index >= 15 is 0 Å². The molecule has 0 saturated carbocycles. The van der Waals surface area contributed by atoms with Gasteiger partial charge in [-0.15, -0.1) is 0 Å². The van der Waals surface area contributed by atoms with Gasteiger partial charge in [0.15, 0.2) is 5.78 Å². The molecule has 3 aromatic carbocycles. The molecule has 3 rings (SSSR count). The van der Waals surface area contributed by atoms with Crippen molar-refractivity contribution in [1.82, 2.24) is 0 Å². The van der Waals surface area contributed by atoms with Crippen molar-refractivity contribution in [2.24, 2.45) is 0 Å². The number of nitrogen functional groups attached to an aromatic ring is 2. The van der Waals surface area contributed by atoms with Crippen molar-refractivity contribution >= 4 is 17.2 Å². The molecule has 0 fully saturated rings. The summed E-state index contributed by atoms with van der Waals surface area (Å²) in [6, 6.07) is 22.4. The lowest BCUT2D eigenvalue weighted by molar-refractivity contribution is 0.104. The molecule has 22 heavy (non-hydrogen) atoms. The summed E-state index contributed by atoms with van der Waals surface area (Å²) in [6.07, 6.45) is 0. The normalized spacial score (nSPS) is 10.4. The van der Waals surface area contributed by atoms with Crippen LogP contribution in [0.2, 0.25) is 0 Å². The van der Waals surface area contributed by atoms with Gasteiger partial charge in [-0.2, -0.15) is 0 Å². The second-order valence-corrected chi connectivity index (χ2v) is 5.05. The summed E-state index contributed by atoms with van der Waals surface area (Å²) >= 11 is 0. The molecule has 0 radical (unpaired) electrons. The van der Waals surface area contributed by atoms with Gasteiger partial charge in [0, 0.05) is 5.56 Å². The van der Waals surface area contributed by atoms with Crippen molar-refractivity contribution in [2.45, 2.75) is 0 Å². The average molecular weight is 288 g/mol. The molecule has 108 valence electrons. The predicted octanol–water partition coefficient (Wildman–Crippen LogP) is 3.75. The van der Waals surface area contributed by atoms with E-state index in [4.69, 9.17) is 11.5 Å². The zero-order valence-electron chi connectivity index (χ0n) is 12.0. The second-order valence-electron chi connectivity index (χ2n) is 5.05. The lowest BCUT2D eigenvalue weighted by Crippen LogP contribution is -2.09. The van der Waals surface area contributed by atoms with E-state index in [0.717, 1.165) is 11.1 Å². The van der Waals surface area contributed by atoms with Gasteiger partial charge < -0.3 is 11.5 Å². The SMILES string of the molecule is Nc1ccc(-c2ccccc2)c(C(=O)c2ccccc2)c1N. The molecule has 4 N–H and O–H groups in total. The van der Waals surface area contributed by atoms with Crippen molar-refractivity contribution in [1.29, 1.82) is 0 Å². The standard InChI is InChI=1S/C19H16N2O/c20-16-12-11-15(13-7-3-1-4-8-13)17(18(16)21)19(22)14-9-5-2-6-10-14/h1-12H,20-21H2. The number of ketones is 1. The van der Waals surface area contributed by atoms with Crippen LogP contribution in [0, 0.1) is 0 Å². The predicted molar refractivity (Wildman–Crippen MR) is 90.6 cm³/mol. The van der Waals surface area contributed by atoms with Crippen LogP contribution in [0.3, 0.4) is 0 Å². The van der Waals surface area contributed by atoms with Crippen molar-refractivity contribution in [3.8, 4) is 11.1 Å². The Morgan fingerprint density at radius 2 is 1.32 bits per heavy atom. The molecule has 0 aliphatic rings. The largest absolute Gasteiger partial charge is 0.397 e. The van der Waals surface area contributed by atoms with Crippen LogP contribution in [0.4, 0.5) is 11.4 Å².